The number of pyridine rings is 1. The summed E-state index contributed by atoms with van der Waals surface area (Å²) in [5.41, 5.74) is 11.0. The van der Waals surface area contributed by atoms with Crippen LogP contribution in [-0.4, -0.2) is 19.6 Å². The summed E-state index contributed by atoms with van der Waals surface area (Å²) < 4.78 is 71.4. The van der Waals surface area contributed by atoms with E-state index in [1.54, 1.807) is 58.2 Å². The predicted molar refractivity (Wildman–Crippen MR) is 280 cm³/mol. The number of nitrogens with zero attached hydrogens (tertiary/aromatic N) is 3. The van der Waals surface area contributed by atoms with Gasteiger partial charge in [0, 0.05) is 49.5 Å². The molecule has 0 spiro atoms. The molecule has 348 valence electrons. The second kappa shape index (κ2) is 18.5. The number of imidazole rings is 1. The van der Waals surface area contributed by atoms with Gasteiger partial charge in [-0.2, -0.15) is 0 Å². The normalized spacial score (nSPS) is 14.8. The first-order valence-electron chi connectivity index (χ1n) is 26.9. The van der Waals surface area contributed by atoms with E-state index in [4.69, 9.17) is 14.1 Å². The number of para-hydroxylation sites is 1. The van der Waals surface area contributed by atoms with Crippen LogP contribution in [0.25, 0.3) is 72.7 Å². The van der Waals surface area contributed by atoms with Gasteiger partial charge in [-0.05, 0) is 117 Å². The van der Waals surface area contributed by atoms with Crippen LogP contribution in [0.5, 0.6) is 5.75 Å². The van der Waals surface area contributed by atoms with Gasteiger partial charge in [0.05, 0.1) is 22.3 Å². The molecule has 8 rings (SSSR count). The smallest absolute Gasteiger partial charge is 0.148 e. The molecule has 5 heteroatoms. The van der Waals surface area contributed by atoms with Crippen molar-refractivity contribution < 1.29 is 37.1 Å². The number of aryl methyl sites for hydroxylation is 2. The van der Waals surface area contributed by atoms with Crippen molar-refractivity contribution in [3.8, 4) is 67.5 Å². The Labute approximate surface area is 426 Å². The van der Waals surface area contributed by atoms with Crippen molar-refractivity contribution in [1.29, 1.82) is 0 Å². The predicted octanol–water partition coefficient (Wildman–Crippen LogP) is 17.0. The summed E-state index contributed by atoms with van der Waals surface area (Å²) in [5.74, 6) is -1.75. The van der Waals surface area contributed by atoms with Gasteiger partial charge < -0.3 is 5.11 Å². The van der Waals surface area contributed by atoms with Gasteiger partial charge in [-0.25, -0.2) is 4.98 Å². The molecule has 0 atom stereocenters. The maximum Gasteiger partial charge on any atom is 0.148 e. The fourth-order valence-corrected chi connectivity index (χ4v) is 8.84. The third-order valence-electron chi connectivity index (χ3n) is 12.7. The molecule has 67 heavy (non-hydrogen) atoms. The Balaban J connectivity index is 0.00000820. The van der Waals surface area contributed by atoms with Crippen molar-refractivity contribution in [2.75, 3.05) is 0 Å². The summed E-state index contributed by atoms with van der Waals surface area (Å²) in [6.07, 6.45) is 1.74. The van der Waals surface area contributed by atoms with Gasteiger partial charge in [-0.1, -0.05) is 179 Å². The number of aromatic nitrogens is 3. The van der Waals surface area contributed by atoms with Crippen LogP contribution in [0.15, 0.2) is 121 Å². The summed E-state index contributed by atoms with van der Waals surface area (Å²) in [4.78, 5) is 10.3. The third-order valence-corrected chi connectivity index (χ3v) is 12.7. The Morgan fingerprint density at radius 2 is 1.25 bits per heavy atom. The monoisotopic (exact) mass is 1070 g/mol. The Kier molecular flexibility index (Phi) is 10.9. The summed E-state index contributed by atoms with van der Waals surface area (Å²) in [7, 11) is 0. The number of rotatable bonds is 8. The second-order valence-corrected chi connectivity index (χ2v) is 21.3. The quantitative estimate of drug-likeness (QED) is 0.154. The minimum atomic E-state index is -2.66. The van der Waals surface area contributed by atoms with E-state index in [0.29, 0.717) is 56.1 Å². The SMILES string of the molecule is [2H]C([2H])([2H])c1ccc(-c2ccnc(-c3[c-]c(-c4cccc5c4nc(-c4cc(C(C)(C)C)cc(C(C)(C)C)c4O)n5-c4ccc(-c5c(C([2H])(C)C)cccc5C([2H])(C)C)cc4C([2H])([2H])[2H])cc(C(C)(C)C)c3)c2)cc1.[Pt]. The molecule has 6 aromatic carbocycles. The number of aromatic hydroxyl groups is 1. The van der Waals surface area contributed by atoms with Crippen molar-refractivity contribution in [3.63, 3.8) is 0 Å². The van der Waals surface area contributed by atoms with E-state index in [0.717, 1.165) is 44.5 Å². The van der Waals surface area contributed by atoms with Crippen LogP contribution < -0.4 is 0 Å². The zero-order valence-corrected chi connectivity index (χ0v) is 43.4. The van der Waals surface area contributed by atoms with Gasteiger partial charge in [-0.3, -0.25) is 9.55 Å². The number of hydrogen-bond donors (Lipinski definition) is 1. The minimum absolute atomic E-state index is 0. The molecule has 0 unspecified atom stereocenters. The molecule has 0 saturated heterocycles. The van der Waals surface area contributed by atoms with E-state index >= 15 is 0 Å². The molecule has 2 heterocycles. The van der Waals surface area contributed by atoms with Gasteiger partial charge in [0.1, 0.15) is 11.6 Å². The van der Waals surface area contributed by atoms with Gasteiger partial charge in [-0.15, -0.1) is 29.3 Å². The molecule has 0 saturated carbocycles. The van der Waals surface area contributed by atoms with E-state index < -0.39 is 30.9 Å². The van der Waals surface area contributed by atoms with Crippen LogP contribution in [0.1, 0.15) is 152 Å². The number of phenolic OH excluding ortho intramolecular Hbond substituents is 1. The topological polar surface area (TPSA) is 50.9 Å². The number of fused-ring (bicyclic) bond motifs is 1. The van der Waals surface area contributed by atoms with Crippen LogP contribution in [0.3, 0.4) is 0 Å². The zero-order chi connectivity index (χ0) is 54.5. The van der Waals surface area contributed by atoms with Gasteiger partial charge in [0.25, 0.3) is 0 Å². The van der Waals surface area contributed by atoms with E-state index in [1.165, 1.54) is 0 Å². The molecule has 4 nitrogen and oxygen atoms in total. The van der Waals surface area contributed by atoms with Crippen LogP contribution in [-0.2, 0) is 37.3 Å². The Morgan fingerprint density at radius 1 is 0.627 bits per heavy atom. The van der Waals surface area contributed by atoms with Crippen LogP contribution in [0.2, 0.25) is 0 Å². The van der Waals surface area contributed by atoms with Gasteiger partial charge in [0.2, 0.25) is 0 Å². The van der Waals surface area contributed by atoms with E-state index in [2.05, 4.69) is 86.6 Å². The summed E-state index contributed by atoms with van der Waals surface area (Å²) in [6, 6.07) is 39.6. The third kappa shape index (κ3) is 9.75. The largest absolute Gasteiger partial charge is 0.507 e. The molecule has 0 radical (unpaired) electrons. The maximum atomic E-state index is 12.6. The fourth-order valence-electron chi connectivity index (χ4n) is 8.84. The first-order chi connectivity index (χ1) is 34.0. The maximum absolute atomic E-state index is 12.6. The average molecular weight is 1070 g/mol. The number of phenols is 1. The second-order valence-electron chi connectivity index (χ2n) is 21.3. The molecule has 0 aliphatic heterocycles. The first-order valence-corrected chi connectivity index (χ1v) is 22.9. The molecule has 1 N–H and O–H groups in total. The first kappa shape index (κ1) is 39.4. The Bertz CT molecular complexity index is 3410. The standard InChI is InChI=1S/C62H68N3O.Pt/c1-37(2)48-18-16-19-49(38(3)4)56(48)43-26-27-54(40(6)30-43)65-55-21-17-20-50(57(55)64-59(65)51-35-47(61(10,11)12)36-52(58(51)66)62(13,14)15)44-31-45(33-46(32-44)60(7,8)9)53-34-42(28-29-63-53)41-24-22-39(5)23-25-41;/h16-30,32-38,66H,1-15H3;/q-1;/i5D3,6D3,37D,38D;. The van der Waals surface area contributed by atoms with E-state index in [1.807, 2.05) is 77.4 Å². The fraction of sp³-hybridized carbons (Fsp3) is 0.323. The van der Waals surface area contributed by atoms with Crippen molar-refractivity contribution in [2.45, 2.75) is 132 Å². The average Bonchev–Trinajstić information content (AvgIpc) is 3.68. The summed E-state index contributed by atoms with van der Waals surface area (Å²) >= 11 is 0. The van der Waals surface area contributed by atoms with E-state index in [9.17, 15) is 12.0 Å². The van der Waals surface area contributed by atoms with Crippen LogP contribution in [0, 0.1) is 19.8 Å². The molecule has 0 fully saturated rings. The van der Waals surface area contributed by atoms with Gasteiger partial charge in [0.15, 0.2) is 0 Å². The molecular formula is C62H68N3OPt-. The Hall–Kier alpha value is -5.57. The molecule has 0 aliphatic carbocycles. The zero-order valence-electron chi connectivity index (χ0n) is 49.2. The molecule has 0 aliphatic rings. The van der Waals surface area contributed by atoms with Crippen molar-refractivity contribution in [3.05, 3.63) is 166 Å². The Morgan fingerprint density at radius 3 is 1.87 bits per heavy atom. The number of hydrogen-bond acceptors (Lipinski definition) is 3. The van der Waals surface area contributed by atoms with E-state index in [-0.39, 0.29) is 48.8 Å². The molecule has 0 bridgehead atoms. The van der Waals surface area contributed by atoms with Crippen molar-refractivity contribution in [1.82, 2.24) is 14.5 Å². The van der Waals surface area contributed by atoms with Crippen LogP contribution in [0.4, 0.5) is 0 Å². The summed E-state index contributed by atoms with van der Waals surface area (Å²) in [6.45, 7) is 21.3. The van der Waals surface area contributed by atoms with Crippen molar-refractivity contribution >= 4 is 11.0 Å². The molecule has 2 aromatic heterocycles. The molecular weight excluding hydrogens is 998 g/mol. The minimum Gasteiger partial charge on any atom is -0.507 e. The summed E-state index contributed by atoms with van der Waals surface area (Å²) in [5, 5.41) is 12.6. The number of benzene rings is 6. The van der Waals surface area contributed by atoms with Crippen LogP contribution >= 0.6 is 0 Å². The molecule has 8 aromatic rings. The van der Waals surface area contributed by atoms with Gasteiger partial charge >= 0.3 is 0 Å². The van der Waals surface area contributed by atoms with Crippen molar-refractivity contribution in [2.24, 2.45) is 0 Å². The molecule has 0 amide bonds.